The summed E-state index contributed by atoms with van der Waals surface area (Å²) >= 11 is 0. The highest BCUT2D eigenvalue weighted by atomic mass is 19.4. The lowest BCUT2D eigenvalue weighted by atomic mass is 9.48. The fourth-order valence-corrected chi connectivity index (χ4v) is 4.99. The Bertz CT molecular complexity index is 505. The van der Waals surface area contributed by atoms with Crippen LogP contribution >= 0.6 is 0 Å². The van der Waals surface area contributed by atoms with E-state index in [1.54, 1.807) is 5.32 Å². The maximum atomic E-state index is 12.4. The third kappa shape index (κ3) is 3.46. The standard InChI is InChI=1S/C15H20F3NO4/c16-15(17,18)8-19-11(20)6-23-12(21)13-2-9-1-10(3-13)5-14(22,4-9)7-13/h9-10,22H,1-8H2,(H,19,20). The van der Waals surface area contributed by atoms with Gasteiger partial charge in [0.2, 0.25) is 0 Å². The van der Waals surface area contributed by atoms with Crippen LogP contribution in [0.4, 0.5) is 13.2 Å². The third-order valence-corrected chi connectivity index (χ3v) is 5.28. The van der Waals surface area contributed by atoms with Crippen molar-refractivity contribution in [3.63, 3.8) is 0 Å². The van der Waals surface area contributed by atoms with Crippen LogP contribution in [0.2, 0.25) is 0 Å². The summed E-state index contributed by atoms with van der Waals surface area (Å²) < 4.78 is 41.0. The van der Waals surface area contributed by atoms with Crippen molar-refractivity contribution < 1.29 is 32.6 Å². The Kier molecular flexibility index (Phi) is 3.85. The Labute approximate surface area is 131 Å². The van der Waals surface area contributed by atoms with Crippen LogP contribution in [0.1, 0.15) is 38.5 Å². The molecule has 0 radical (unpaired) electrons. The SMILES string of the molecule is O=C(COC(=O)C12CC3CC(CC(O)(C3)C1)C2)NCC(F)(F)F. The third-order valence-electron chi connectivity index (χ3n) is 5.28. The number of rotatable bonds is 4. The van der Waals surface area contributed by atoms with Crippen LogP contribution in [-0.2, 0) is 14.3 Å². The molecule has 4 aliphatic carbocycles. The van der Waals surface area contributed by atoms with E-state index < -0.39 is 42.2 Å². The van der Waals surface area contributed by atoms with E-state index in [1.807, 2.05) is 0 Å². The van der Waals surface area contributed by atoms with Crippen molar-refractivity contribution in [3.05, 3.63) is 0 Å². The van der Waals surface area contributed by atoms with Gasteiger partial charge in [0.05, 0.1) is 11.0 Å². The molecule has 2 unspecified atom stereocenters. The predicted molar refractivity (Wildman–Crippen MR) is 72.1 cm³/mol. The molecule has 4 fully saturated rings. The highest BCUT2D eigenvalue weighted by Gasteiger charge is 2.60. The minimum absolute atomic E-state index is 0.285. The van der Waals surface area contributed by atoms with Gasteiger partial charge in [-0.15, -0.1) is 0 Å². The van der Waals surface area contributed by atoms with Crippen LogP contribution in [0.25, 0.3) is 0 Å². The zero-order chi connectivity index (χ0) is 16.9. The van der Waals surface area contributed by atoms with Gasteiger partial charge >= 0.3 is 12.1 Å². The summed E-state index contributed by atoms with van der Waals surface area (Å²) in [6.07, 6.45) is -0.499. The molecule has 8 heteroatoms. The molecule has 0 aliphatic heterocycles. The highest BCUT2D eigenvalue weighted by molar-refractivity contribution is 5.83. The van der Waals surface area contributed by atoms with Crippen molar-refractivity contribution in [2.75, 3.05) is 13.2 Å². The number of halogens is 3. The van der Waals surface area contributed by atoms with Crippen molar-refractivity contribution in [3.8, 4) is 0 Å². The quantitative estimate of drug-likeness (QED) is 0.764. The second-order valence-corrected chi connectivity index (χ2v) is 7.43. The molecule has 2 atom stereocenters. The monoisotopic (exact) mass is 335 g/mol. The van der Waals surface area contributed by atoms with Gasteiger partial charge in [-0.05, 0) is 50.4 Å². The molecule has 2 N–H and O–H groups in total. The molecular formula is C15H20F3NO4. The van der Waals surface area contributed by atoms with Crippen molar-refractivity contribution in [2.24, 2.45) is 17.3 Å². The summed E-state index contributed by atoms with van der Waals surface area (Å²) in [5, 5.41) is 12.2. The van der Waals surface area contributed by atoms with Crippen LogP contribution in [0.15, 0.2) is 0 Å². The van der Waals surface area contributed by atoms with Crippen LogP contribution in [0, 0.1) is 17.3 Å². The van der Waals surface area contributed by atoms with Crippen molar-refractivity contribution in [2.45, 2.75) is 50.3 Å². The first-order valence-corrected chi connectivity index (χ1v) is 7.82. The average Bonchev–Trinajstić information content (AvgIpc) is 2.39. The van der Waals surface area contributed by atoms with E-state index in [4.69, 9.17) is 4.74 Å². The molecule has 4 saturated carbocycles. The minimum Gasteiger partial charge on any atom is -0.455 e. The minimum atomic E-state index is -4.50. The Hall–Kier alpha value is -1.31. The number of nitrogens with one attached hydrogen (secondary N) is 1. The summed E-state index contributed by atoms with van der Waals surface area (Å²) in [4.78, 5) is 23.8. The van der Waals surface area contributed by atoms with Gasteiger partial charge in [-0.25, -0.2) is 0 Å². The number of hydrogen-bond donors (Lipinski definition) is 2. The van der Waals surface area contributed by atoms with Gasteiger partial charge in [-0.2, -0.15) is 13.2 Å². The zero-order valence-corrected chi connectivity index (χ0v) is 12.6. The second kappa shape index (κ2) is 5.36. The molecule has 0 aromatic carbocycles. The van der Waals surface area contributed by atoms with E-state index in [2.05, 4.69) is 0 Å². The molecule has 4 rings (SSSR count). The lowest BCUT2D eigenvalue weighted by Crippen LogP contribution is -2.58. The number of aliphatic hydroxyl groups is 1. The molecule has 0 spiro atoms. The number of alkyl halides is 3. The summed E-state index contributed by atoms with van der Waals surface area (Å²) in [7, 11) is 0. The number of esters is 1. The number of amides is 1. The molecule has 4 aliphatic rings. The molecule has 5 nitrogen and oxygen atoms in total. The molecule has 0 aromatic rings. The summed E-state index contributed by atoms with van der Waals surface area (Å²) in [6, 6.07) is 0. The second-order valence-electron chi connectivity index (χ2n) is 7.43. The van der Waals surface area contributed by atoms with E-state index in [1.165, 1.54) is 0 Å². The predicted octanol–water partition coefficient (Wildman–Crippen LogP) is 1.54. The van der Waals surface area contributed by atoms with Crippen LogP contribution in [0.3, 0.4) is 0 Å². The topological polar surface area (TPSA) is 75.6 Å². The Morgan fingerprint density at radius 2 is 1.78 bits per heavy atom. The fourth-order valence-electron chi connectivity index (χ4n) is 4.99. The lowest BCUT2D eigenvalue weighted by Gasteiger charge is -2.58. The average molecular weight is 335 g/mol. The van der Waals surface area contributed by atoms with E-state index >= 15 is 0 Å². The first-order chi connectivity index (χ1) is 10.6. The Morgan fingerprint density at radius 1 is 1.17 bits per heavy atom. The van der Waals surface area contributed by atoms with Gasteiger partial charge in [0.25, 0.3) is 5.91 Å². The smallest absolute Gasteiger partial charge is 0.405 e. The molecule has 23 heavy (non-hydrogen) atoms. The van der Waals surface area contributed by atoms with Crippen molar-refractivity contribution >= 4 is 11.9 Å². The highest BCUT2D eigenvalue weighted by Crippen LogP contribution is 2.61. The number of carbonyl (C=O) groups excluding carboxylic acids is 2. The van der Waals surface area contributed by atoms with E-state index in [-0.39, 0.29) is 11.8 Å². The van der Waals surface area contributed by atoms with E-state index in [0.29, 0.717) is 32.1 Å². The first kappa shape index (κ1) is 16.5. The van der Waals surface area contributed by atoms with Crippen molar-refractivity contribution in [1.29, 1.82) is 0 Å². The Balaban J connectivity index is 1.55. The summed E-state index contributed by atoms with van der Waals surface area (Å²) in [5.74, 6) is -0.966. The summed E-state index contributed by atoms with van der Waals surface area (Å²) in [6.45, 7) is -2.16. The molecule has 1 amide bonds. The first-order valence-electron chi connectivity index (χ1n) is 7.82. The van der Waals surface area contributed by atoms with Crippen molar-refractivity contribution in [1.82, 2.24) is 5.32 Å². The molecule has 0 saturated heterocycles. The zero-order valence-electron chi connectivity index (χ0n) is 12.6. The number of hydrogen-bond acceptors (Lipinski definition) is 4. The molecule has 0 heterocycles. The maximum absolute atomic E-state index is 12.4. The molecular weight excluding hydrogens is 315 g/mol. The van der Waals surface area contributed by atoms with Gasteiger partial charge in [0.15, 0.2) is 6.61 Å². The largest absolute Gasteiger partial charge is 0.455 e. The van der Waals surface area contributed by atoms with Gasteiger partial charge in [-0.3, -0.25) is 9.59 Å². The number of ether oxygens (including phenoxy) is 1. The molecule has 130 valence electrons. The van der Waals surface area contributed by atoms with Crippen LogP contribution in [0.5, 0.6) is 0 Å². The van der Waals surface area contributed by atoms with Crippen LogP contribution < -0.4 is 5.32 Å². The van der Waals surface area contributed by atoms with Gasteiger partial charge < -0.3 is 15.2 Å². The van der Waals surface area contributed by atoms with E-state index in [9.17, 15) is 27.9 Å². The maximum Gasteiger partial charge on any atom is 0.405 e. The summed E-state index contributed by atoms with van der Waals surface area (Å²) in [5.41, 5.74) is -1.61. The normalized spacial score (nSPS) is 38.4. The number of carbonyl (C=O) groups is 2. The lowest BCUT2D eigenvalue weighted by molar-refractivity contribution is -0.196. The molecule has 0 aromatic heterocycles. The van der Waals surface area contributed by atoms with E-state index in [0.717, 1.165) is 6.42 Å². The van der Waals surface area contributed by atoms with Gasteiger partial charge in [0, 0.05) is 0 Å². The fraction of sp³-hybridized carbons (Fsp3) is 0.867. The van der Waals surface area contributed by atoms with Crippen LogP contribution in [-0.4, -0.2) is 41.9 Å². The Morgan fingerprint density at radius 3 is 2.30 bits per heavy atom. The molecule has 4 bridgehead atoms. The van der Waals surface area contributed by atoms with Gasteiger partial charge in [0.1, 0.15) is 6.54 Å². The van der Waals surface area contributed by atoms with Gasteiger partial charge in [-0.1, -0.05) is 0 Å².